The first kappa shape index (κ1) is 14.7. The monoisotopic (exact) mass is 303 g/mol. The number of aromatic nitrogens is 2. The van der Waals surface area contributed by atoms with Crippen molar-refractivity contribution in [1.29, 1.82) is 0 Å². The molecular formula is C16H18FN3O2. The second-order valence-corrected chi connectivity index (χ2v) is 5.46. The molecule has 1 aromatic heterocycles. The molecule has 0 spiro atoms. The number of amides is 1. The predicted molar refractivity (Wildman–Crippen MR) is 79.6 cm³/mol. The number of ether oxygens (including phenoxy) is 1. The molecule has 1 unspecified atom stereocenters. The Morgan fingerprint density at radius 3 is 2.91 bits per heavy atom. The number of nitrogens with zero attached hydrogens (tertiary/aromatic N) is 3. The zero-order chi connectivity index (χ0) is 15.7. The van der Waals surface area contributed by atoms with E-state index in [0.29, 0.717) is 31.1 Å². The quantitative estimate of drug-likeness (QED) is 0.854. The summed E-state index contributed by atoms with van der Waals surface area (Å²) in [5, 5.41) is 4.30. The van der Waals surface area contributed by atoms with Crippen LogP contribution in [0, 0.1) is 12.7 Å². The number of aryl methyl sites for hydroxylation is 1. The van der Waals surface area contributed by atoms with Gasteiger partial charge in [-0.3, -0.25) is 4.79 Å². The van der Waals surface area contributed by atoms with Gasteiger partial charge in [0.2, 0.25) is 0 Å². The number of para-hydroxylation sites is 1. The van der Waals surface area contributed by atoms with Crippen molar-refractivity contribution in [1.82, 2.24) is 14.7 Å². The lowest BCUT2D eigenvalue weighted by atomic mass is 10.2. The summed E-state index contributed by atoms with van der Waals surface area (Å²) in [6.45, 7) is 5.35. The Morgan fingerprint density at radius 1 is 1.41 bits per heavy atom. The van der Waals surface area contributed by atoms with Gasteiger partial charge in [0.15, 0.2) is 5.69 Å². The Balaban J connectivity index is 1.92. The van der Waals surface area contributed by atoms with E-state index in [0.717, 1.165) is 5.69 Å². The number of rotatable bonds is 2. The SMILES string of the molecule is Cc1cc(C(=O)N2CCOCC2C)nn1-c1ccccc1F. The largest absolute Gasteiger partial charge is 0.377 e. The Kier molecular flexibility index (Phi) is 3.94. The zero-order valence-electron chi connectivity index (χ0n) is 12.6. The van der Waals surface area contributed by atoms with Crippen LogP contribution in [0.1, 0.15) is 23.1 Å². The van der Waals surface area contributed by atoms with Crippen molar-refractivity contribution < 1.29 is 13.9 Å². The molecule has 1 saturated heterocycles. The first-order chi connectivity index (χ1) is 10.6. The van der Waals surface area contributed by atoms with Gasteiger partial charge in [-0.05, 0) is 32.0 Å². The minimum Gasteiger partial charge on any atom is -0.377 e. The Labute approximate surface area is 128 Å². The molecule has 0 bridgehead atoms. The number of carbonyl (C=O) groups excluding carboxylic acids is 1. The topological polar surface area (TPSA) is 47.4 Å². The molecule has 2 heterocycles. The highest BCUT2D eigenvalue weighted by Crippen LogP contribution is 2.18. The van der Waals surface area contributed by atoms with Crippen LogP contribution in [0.25, 0.3) is 5.69 Å². The number of carbonyl (C=O) groups is 1. The van der Waals surface area contributed by atoms with Crippen LogP contribution in [0.5, 0.6) is 0 Å². The average Bonchev–Trinajstić information content (AvgIpc) is 2.89. The summed E-state index contributed by atoms with van der Waals surface area (Å²) in [7, 11) is 0. The normalized spacial score (nSPS) is 18.5. The molecule has 3 rings (SSSR count). The van der Waals surface area contributed by atoms with E-state index in [1.165, 1.54) is 10.7 Å². The first-order valence-corrected chi connectivity index (χ1v) is 7.28. The lowest BCUT2D eigenvalue weighted by Crippen LogP contribution is -2.47. The summed E-state index contributed by atoms with van der Waals surface area (Å²) >= 11 is 0. The van der Waals surface area contributed by atoms with E-state index in [1.54, 1.807) is 36.1 Å². The molecule has 1 aliphatic heterocycles. The summed E-state index contributed by atoms with van der Waals surface area (Å²) in [4.78, 5) is 14.3. The lowest BCUT2D eigenvalue weighted by molar-refractivity contribution is 0.00325. The van der Waals surface area contributed by atoms with Crippen LogP contribution in [0.3, 0.4) is 0 Å². The van der Waals surface area contributed by atoms with Crippen molar-refractivity contribution in [3.8, 4) is 5.69 Å². The Hall–Kier alpha value is -2.21. The van der Waals surface area contributed by atoms with E-state index in [1.807, 2.05) is 6.92 Å². The van der Waals surface area contributed by atoms with Crippen molar-refractivity contribution >= 4 is 5.91 Å². The van der Waals surface area contributed by atoms with Gasteiger partial charge in [0, 0.05) is 12.2 Å². The maximum Gasteiger partial charge on any atom is 0.274 e. The molecule has 2 aromatic rings. The van der Waals surface area contributed by atoms with Crippen molar-refractivity contribution in [2.75, 3.05) is 19.8 Å². The minimum absolute atomic E-state index is 0.0140. The number of benzene rings is 1. The van der Waals surface area contributed by atoms with Gasteiger partial charge in [-0.1, -0.05) is 12.1 Å². The predicted octanol–water partition coefficient (Wildman–Crippen LogP) is 2.18. The minimum atomic E-state index is -0.368. The molecule has 0 N–H and O–H groups in total. The molecule has 1 fully saturated rings. The number of morpholine rings is 1. The van der Waals surface area contributed by atoms with Crippen LogP contribution < -0.4 is 0 Å². The smallest absolute Gasteiger partial charge is 0.274 e. The summed E-state index contributed by atoms with van der Waals surface area (Å²) in [5.74, 6) is -0.513. The third-order valence-electron chi connectivity index (χ3n) is 3.82. The average molecular weight is 303 g/mol. The van der Waals surface area contributed by atoms with E-state index in [2.05, 4.69) is 5.10 Å². The van der Waals surface area contributed by atoms with Crippen LogP contribution in [0.4, 0.5) is 4.39 Å². The first-order valence-electron chi connectivity index (χ1n) is 7.28. The number of hydrogen-bond donors (Lipinski definition) is 0. The molecule has 0 radical (unpaired) electrons. The van der Waals surface area contributed by atoms with E-state index < -0.39 is 0 Å². The highest BCUT2D eigenvalue weighted by Gasteiger charge is 2.27. The summed E-state index contributed by atoms with van der Waals surface area (Å²) in [6, 6.07) is 8.09. The summed E-state index contributed by atoms with van der Waals surface area (Å²) < 4.78 is 20.7. The molecular weight excluding hydrogens is 285 g/mol. The van der Waals surface area contributed by atoms with Gasteiger partial charge in [-0.2, -0.15) is 5.10 Å². The standard InChI is InChI=1S/C16H18FN3O2/c1-11-9-14(16(21)19-7-8-22-10-12(19)2)18-20(11)15-6-4-3-5-13(15)17/h3-6,9,12H,7-8,10H2,1-2H3. The lowest BCUT2D eigenvalue weighted by Gasteiger charge is -2.32. The number of halogens is 1. The van der Waals surface area contributed by atoms with Gasteiger partial charge in [0.1, 0.15) is 11.5 Å². The molecule has 0 aliphatic carbocycles. The van der Waals surface area contributed by atoms with Gasteiger partial charge in [-0.15, -0.1) is 0 Å². The van der Waals surface area contributed by atoms with Gasteiger partial charge in [0.05, 0.1) is 19.3 Å². The Bertz CT molecular complexity index is 698. The molecule has 1 aromatic carbocycles. The molecule has 5 nitrogen and oxygen atoms in total. The van der Waals surface area contributed by atoms with Crippen LogP contribution in [-0.4, -0.2) is 46.4 Å². The van der Waals surface area contributed by atoms with Crippen molar-refractivity contribution in [2.45, 2.75) is 19.9 Å². The van der Waals surface area contributed by atoms with Gasteiger partial charge in [0.25, 0.3) is 5.91 Å². The van der Waals surface area contributed by atoms with E-state index in [-0.39, 0.29) is 17.8 Å². The zero-order valence-corrected chi connectivity index (χ0v) is 12.6. The van der Waals surface area contributed by atoms with E-state index in [9.17, 15) is 9.18 Å². The van der Waals surface area contributed by atoms with Crippen molar-refractivity contribution in [3.05, 3.63) is 47.5 Å². The summed E-state index contributed by atoms with van der Waals surface area (Å²) in [5.41, 5.74) is 1.39. The molecule has 0 saturated carbocycles. The second-order valence-electron chi connectivity index (χ2n) is 5.46. The Morgan fingerprint density at radius 2 is 2.18 bits per heavy atom. The fourth-order valence-corrected chi connectivity index (χ4v) is 2.62. The highest BCUT2D eigenvalue weighted by atomic mass is 19.1. The van der Waals surface area contributed by atoms with Crippen LogP contribution in [0.15, 0.2) is 30.3 Å². The van der Waals surface area contributed by atoms with Gasteiger partial charge < -0.3 is 9.64 Å². The van der Waals surface area contributed by atoms with Crippen LogP contribution >= 0.6 is 0 Å². The maximum absolute atomic E-state index is 13.9. The third kappa shape index (κ3) is 2.62. The second kappa shape index (κ2) is 5.88. The molecule has 1 amide bonds. The highest BCUT2D eigenvalue weighted by molar-refractivity contribution is 5.92. The fraction of sp³-hybridized carbons (Fsp3) is 0.375. The molecule has 22 heavy (non-hydrogen) atoms. The molecule has 6 heteroatoms. The molecule has 1 atom stereocenters. The fourth-order valence-electron chi connectivity index (χ4n) is 2.62. The molecule has 1 aliphatic rings. The van der Waals surface area contributed by atoms with Crippen LogP contribution in [0.2, 0.25) is 0 Å². The number of hydrogen-bond acceptors (Lipinski definition) is 3. The molecule has 116 valence electrons. The van der Waals surface area contributed by atoms with Crippen LogP contribution in [-0.2, 0) is 4.74 Å². The van der Waals surface area contributed by atoms with E-state index in [4.69, 9.17) is 4.74 Å². The van der Waals surface area contributed by atoms with Crippen molar-refractivity contribution in [3.63, 3.8) is 0 Å². The van der Waals surface area contributed by atoms with Gasteiger partial charge >= 0.3 is 0 Å². The maximum atomic E-state index is 13.9. The third-order valence-corrected chi connectivity index (χ3v) is 3.82. The van der Waals surface area contributed by atoms with Crippen molar-refractivity contribution in [2.24, 2.45) is 0 Å². The summed E-state index contributed by atoms with van der Waals surface area (Å²) in [6.07, 6.45) is 0. The van der Waals surface area contributed by atoms with E-state index >= 15 is 0 Å². The van der Waals surface area contributed by atoms with Gasteiger partial charge in [-0.25, -0.2) is 9.07 Å².